The van der Waals surface area contributed by atoms with Crippen LogP contribution in [0.5, 0.6) is 5.75 Å². The van der Waals surface area contributed by atoms with Crippen LogP contribution in [-0.2, 0) is 20.3 Å². The van der Waals surface area contributed by atoms with Crippen molar-refractivity contribution in [2.24, 2.45) is 0 Å². The van der Waals surface area contributed by atoms with Crippen molar-refractivity contribution in [3.63, 3.8) is 0 Å². The first-order chi connectivity index (χ1) is 18.5. The van der Waals surface area contributed by atoms with Crippen LogP contribution in [0.4, 0.5) is 0 Å². The molecule has 6 nitrogen and oxygen atoms in total. The zero-order valence-electron chi connectivity index (χ0n) is 24.7. The molecule has 4 rings (SSSR count). The molecule has 0 saturated carbocycles. The smallest absolute Gasteiger partial charge is 0.231 e. The fraction of sp³-hybridized carbons (Fsp3) is 0.545. The standard InChI is InChI=1S/C33H45N3O3/c1-32(2,3)28-20-26(22-34)21-29(33(4,5)6)31(28)38-18-10-13-35-14-16-36(17-15-35)30-24-37-23-27(39-30)19-25-11-8-7-9-12-25/h7-8,11,20-21,23-24H,9-10,12-19H2,1-6H3. The van der Waals surface area contributed by atoms with Gasteiger partial charge in [0, 0.05) is 50.3 Å². The molecule has 0 N–H and O–H groups in total. The number of benzene rings is 1. The molecule has 1 saturated heterocycles. The van der Waals surface area contributed by atoms with Gasteiger partial charge in [0.25, 0.3) is 0 Å². The molecule has 1 aliphatic carbocycles. The maximum atomic E-state index is 9.62. The monoisotopic (exact) mass is 531 g/mol. The van der Waals surface area contributed by atoms with Crippen LogP contribution in [0.3, 0.4) is 0 Å². The molecule has 0 amide bonds. The summed E-state index contributed by atoms with van der Waals surface area (Å²) < 4.78 is 18.3. The third-order valence-electron chi connectivity index (χ3n) is 7.49. The second kappa shape index (κ2) is 12.3. The van der Waals surface area contributed by atoms with E-state index in [0.29, 0.717) is 12.2 Å². The first kappa shape index (κ1) is 28.8. The third kappa shape index (κ3) is 7.70. The average Bonchev–Trinajstić information content (AvgIpc) is 2.91. The van der Waals surface area contributed by atoms with Crippen LogP contribution < -0.4 is 4.74 Å². The molecular formula is C33H45N3O3. The molecular weight excluding hydrogens is 486 g/mol. The molecule has 1 aromatic carbocycles. The first-order valence-electron chi connectivity index (χ1n) is 14.3. The molecule has 0 bridgehead atoms. The molecule has 0 spiro atoms. The fourth-order valence-electron chi connectivity index (χ4n) is 5.21. The summed E-state index contributed by atoms with van der Waals surface area (Å²) in [5, 5.41) is 9.62. The topological polar surface area (TPSA) is 58.0 Å². The Morgan fingerprint density at radius 1 is 0.974 bits per heavy atom. The lowest BCUT2D eigenvalue weighted by atomic mass is 9.78. The molecule has 3 aliphatic rings. The Kier molecular flexibility index (Phi) is 9.12. The molecule has 2 aliphatic heterocycles. The summed E-state index contributed by atoms with van der Waals surface area (Å²) in [5.41, 5.74) is 4.06. The molecule has 1 aromatic rings. The maximum Gasteiger partial charge on any atom is 0.231 e. The van der Waals surface area contributed by atoms with Crippen LogP contribution in [0.15, 0.2) is 60.1 Å². The van der Waals surface area contributed by atoms with E-state index in [2.05, 4.69) is 75.6 Å². The lowest BCUT2D eigenvalue weighted by molar-refractivity contribution is 0.0733. The van der Waals surface area contributed by atoms with Gasteiger partial charge in [-0.1, -0.05) is 65.3 Å². The Morgan fingerprint density at radius 2 is 1.67 bits per heavy atom. The Bertz CT molecular complexity index is 1150. The molecule has 0 radical (unpaired) electrons. The third-order valence-corrected chi connectivity index (χ3v) is 7.49. The van der Waals surface area contributed by atoms with Crippen molar-refractivity contribution in [3.05, 3.63) is 76.8 Å². The summed E-state index contributed by atoms with van der Waals surface area (Å²) in [5.74, 6) is 2.64. The quantitative estimate of drug-likeness (QED) is 0.340. The normalized spacial score (nSPS) is 18.4. The number of hydrogen-bond donors (Lipinski definition) is 0. The van der Waals surface area contributed by atoms with E-state index < -0.39 is 0 Å². The van der Waals surface area contributed by atoms with Gasteiger partial charge in [-0.2, -0.15) is 5.26 Å². The van der Waals surface area contributed by atoms with Gasteiger partial charge < -0.3 is 19.1 Å². The summed E-state index contributed by atoms with van der Waals surface area (Å²) in [6.45, 7) is 18.5. The highest BCUT2D eigenvalue weighted by Gasteiger charge is 2.28. The van der Waals surface area contributed by atoms with Gasteiger partial charge in [0.15, 0.2) is 6.26 Å². The number of ether oxygens (including phenoxy) is 3. The predicted molar refractivity (Wildman–Crippen MR) is 156 cm³/mol. The number of nitrogens with zero attached hydrogens (tertiary/aromatic N) is 3. The lowest BCUT2D eigenvalue weighted by Gasteiger charge is -2.37. The average molecular weight is 532 g/mol. The Balaban J connectivity index is 1.27. The summed E-state index contributed by atoms with van der Waals surface area (Å²) in [7, 11) is 0. The van der Waals surface area contributed by atoms with Crippen molar-refractivity contribution in [1.29, 1.82) is 5.26 Å². The molecule has 0 atom stereocenters. The Labute approximate surface area is 235 Å². The van der Waals surface area contributed by atoms with Crippen LogP contribution in [0.25, 0.3) is 0 Å². The van der Waals surface area contributed by atoms with Crippen LogP contribution >= 0.6 is 0 Å². The van der Waals surface area contributed by atoms with E-state index in [9.17, 15) is 5.26 Å². The molecule has 6 heteroatoms. The largest absolute Gasteiger partial charge is 0.493 e. The second-order valence-corrected chi connectivity index (χ2v) is 12.8. The van der Waals surface area contributed by atoms with E-state index in [1.807, 2.05) is 12.1 Å². The van der Waals surface area contributed by atoms with Crippen LogP contribution in [-0.4, -0.2) is 49.1 Å². The van der Waals surface area contributed by atoms with E-state index >= 15 is 0 Å². The zero-order valence-corrected chi connectivity index (χ0v) is 24.7. The minimum absolute atomic E-state index is 0.114. The van der Waals surface area contributed by atoms with Gasteiger partial charge in [0.1, 0.15) is 17.8 Å². The molecule has 2 heterocycles. The van der Waals surface area contributed by atoms with Crippen LogP contribution in [0, 0.1) is 11.3 Å². The zero-order chi connectivity index (χ0) is 28.0. The van der Waals surface area contributed by atoms with E-state index in [0.717, 1.165) is 86.9 Å². The number of hydrogen-bond acceptors (Lipinski definition) is 6. The molecule has 210 valence electrons. The van der Waals surface area contributed by atoms with Crippen LogP contribution in [0.2, 0.25) is 0 Å². The van der Waals surface area contributed by atoms with Gasteiger partial charge >= 0.3 is 0 Å². The SMILES string of the molecule is CC(C)(C)c1cc(C#N)cc(C(C)(C)C)c1OCCCN1CCN(C2=COC=C(CC3=CC=CCC3)O2)CC1. The molecule has 39 heavy (non-hydrogen) atoms. The summed E-state index contributed by atoms with van der Waals surface area (Å²) in [6, 6.07) is 6.34. The summed E-state index contributed by atoms with van der Waals surface area (Å²) >= 11 is 0. The lowest BCUT2D eigenvalue weighted by Crippen LogP contribution is -2.46. The highest BCUT2D eigenvalue weighted by molar-refractivity contribution is 5.53. The molecule has 0 unspecified atom stereocenters. The predicted octanol–water partition coefficient (Wildman–Crippen LogP) is 6.89. The highest BCUT2D eigenvalue weighted by atomic mass is 16.6. The highest BCUT2D eigenvalue weighted by Crippen LogP contribution is 2.40. The molecule has 0 aromatic heterocycles. The molecule has 1 fully saturated rings. The second-order valence-electron chi connectivity index (χ2n) is 12.8. The van der Waals surface area contributed by atoms with Crippen molar-refractivity contribution in [1.82, 2.24) is 9.80 Å². The minimum Gasteiger partial charge on any atom is -0.493 e. The van der Waals surface area contributed by atoms with Crippen molar-refractivity contribution in [2.45, 2.75) is 78.1 Å². The minimum atomic E-state index is -0.114. The maximum absolute atomic E-state index is 9.62. The number of rotatable bonds is 8. The number of nitriles is 1. The fourth-order valence-corrected chi connectivity index (χ4v) is 5.21. The summed E-state index contributed by atoms with van der Waals surface area (Å²) in [6.07, 6.45) is 13.9. The number of piperazine rings is 1. The van der Waals surface area contributed by atoms with Gasteiger partial charge in [-0.3, -0.25) is 4.90 Å². The van der Waals surface area contributed by atoms with Gasteiger partial charge in [0.05, 0.1) is 18.2 Å². The van der Waals surface area contributed by atoms with E-state index in [4.69, 9.17) is 14.2 Å². The van der Waals surface area contributed by atoms with Crippen molar-refractivity contribution in [2.75, 3.05) is 39.3 Å². The van der Waals surface area contributed by atoms with E-state index in [1.54, 1.807) is 12.5 Å². The van der Waals surface area contributed by atoms with Gasteiger partial charge in [-0.25, -0.2) is 0 Å². The van der Waals surface area contributed by atoms with Crippen molar-refractivity contribution < 1.29 is 14.2 Å². The van der Waals surface area contributed by atoms with Crippen molar-refractivity contribution in [3.8, 4) is 11.8 Å². The van der Waals surface area contributed by atoms with Gasteiger partial charge in [-0.05, 0) is 42.2 Å². The van der Waals surface area contributed by atoms with E-state index in [-0.39, 0.29) is 10.8 Å². The van der Waals surface area contributed by atoms with Crippen molar-refractivity contribution >= 4 is 0 Å². The Hall–Kier alpha value is -3.17. The van der Waals surface area contributed by atoms with Crippen LogP contribution in [0.1, 0.15) is 83.9 Å². The Morgan fingerprint density at radius 3 is 2.26 bits per heavy atom. The first-order valence-corrected chi connectivity index (χ1v) is 14.3. The number of allylic oxidation sites excluding steroid dienone is 4. The summed E-state index contributed by atoms with van der Waals surface area (Å²) in [4.78, 5) is 4.77. The van der Waals surface area contributed by atoms with Gasteiger partial charge in [0.2, 0.25) is 5.88 Å². The van der Waals surface area contributed by atoms with E-state index in [1.165, 1.54) is 5.57 Å². The van der Waals surface area contributed by atoms with Gasteiger partial charge in [-0.15, -0.1) is 0 Å².